The van der Waals surface area contributed by atoms with E-state index in [1.807, 2.05) is 0 Å². The first-order valence-electron chi connectivity index (χ1n) is 7.89. The average Bonchev–Trinajstić information content (AvgIpc) is 3.08. The second-order valence-electron chi connectivity index (χ2n) is 5.79. The number of carbonyl (C=O) groups is 2. The Kier molecular flexibility index (Phi) is 5.45. The Labute approximate surface area is 165 Å². The molecule has 28 heavy (non-hydrogen) atoms. The number of halogens is 1. The molecule has 0 fully saturated rings. The van der Waals surface area contributed by atoms with Gasteiger partial charge in [0.05, 0.1) is 15.5 Å². The number of rotatable bonds is 5. The van der Waals surface area contributed by atoms with Crippen LogP contribution in [0, 0.1) is 0 Å². The summed E-state index contributed by atoms with van der Waals surface area (Å²) in [5.74, 6) is -0.536. The van der Waals surface area contributed by atoms with Crippen LogP contribution in [0.15, 0.2) is 41.3 Å². The monoisotopic (exact) mass is 426 g/mol. The maximum absolute atomic E-state index is 12.3. The van der Waals surface area contributed by atoms with Gasteiger partial charge in [-0.25, -0.2) is 18.4 Å². The molecule has 2 aromatic rings. The second-order valence-corrected chi connectivity index (χ2v) is 7.76. The van der Waals surface area contributed by atoms with Crippen molar-refractivity contribution >= 4 is 39.2 Å². The molecule has 0 aromatic heterocycles. The van der Waals surface area contributed by atoms with Gasteiger partial charge in [0.25, 0.3) is 5.91 Å². The van der Waals surface area contributed by atoms with E-state index in [1.165, 1.54) is 13.0 Å². The van der Waals surface area contributed by atoms with Gasteiger partial charge in [-0.3, -0.25) is 4.79 Å². The molecule has 0 bridgehead atoms. The predicted octanol–water partition coefficient (Wildman–Crippen LogP) is 1.90. The molecule has 148 valence electrons. The van der Waals surface area contributed by atoms with E-state index in [2.05, 4.69) is 5.32 Å². The van der Waals surface area contributed by atoms with E-state index in [-0.39, 0.29) is 22.3 Å². The van der Waals surface area contributed by atoms with Crippen molar-refractivity contribution in [2.24, 2.45) is 5.14 Å². The van der Waals surface area contributed by atoms with Crippen molar-refractivity contribution in [2.45, 2.75) is 17.9 Å². The van der Waals surface area contributed by atoms with Gasteiger partial charge in [-0.2, -0.15) is 0 Å². The second kappa shape index (κ2) is 7.66. The molecule has 0 spiro atoms. The first-order chi connectivity index (χ1) is 13.1. The van der Waals surface area contributed by atoms with E-state index in [0.717, 1.165) is 12.1 Å². The number of fused-ring (bicyclic) bond motifs is 1. The molecule has 1 heterocycles. The Morgan fingerprint density at radius 3 is 2.61 bits per heavy atom. The van der Waals surface area contributed by atoms with E-state index in [1.54, 1.807) is 18.2 Å². The predicted molar refractivity (Wildman–Crippen MR) is 98.9 cm³/mol. The first kappa shape index (κ1) is 19.9. The summed E-state index contributed by atoms with van der Waals surface area (Å²) in [6.07, 6.45) is -1.19. The number of sulfonamides is 1. The van der Waals surface area contributed by atoms with Gasteiger partial charge in [0.1, 0.15) is 0 Å². The molecule has 3 rings (SSSR count). The summed E-state index contributed by atoms with van der Waals surface area (Å²) in [6, 6.07) is 8.16. The molecule has 0 saturated carbocycles. The van der Waals surface area contributed by atoms with Crippen molar-refractivity contribution in [3.8, 4) is 11.5 Å². The SMILES string of the molecule is C[C@@H](OC(=O)c1cc(S(N)(=O)=O)ccc1Cl)C(=O)Nc1ccc2c(c1)OCO2. The molecule has 2 aromatic carbocycles. The smallest absolute Gasteiger partial charge is 0.340 e. The Bertz CT molecular complexity index is 1060. The number of primary sulfonamides is 1. The quantitative estimate of drug-likeness (QED) is 0.697. The molecule has 3 N–H and O–H groups in total. The van der Waals surface area contributed by atoms with Gasteiger partial charge in [-0.1, -0.05) is 11.6 Å². The molecule has 0 radical (unpaired) electrons. The van der Waals surface area contributed by atoms with Crippen LogP contribution in [0.5, 0.6) is 11.5 Å². The third-order valence-corrected chi connectivity index (χ3v) is 5.02. The zero-order chi connectivity index (χ0) is 20.5. The van der Waals surface area contributed by atoms with Crippen molar-refractivity contribution < 1.29 is 32.2 Å². The molecular formula is C17H15ClN2O7S. The molecule has 0 unspecified atom stereocenters. The molecule has 1 aliphatic rings. The van der Waals surface area contributed by atoms with Crippen molar-refractivity contribution in [2.75, 3.05) is 12.1 Å². The highest BCUT2D eigenvalue weighted by Gasteiger charge is 2.23. The lowest BCUT2D eigenvalue weighted by atomic mass is 10.2. The van der Waals surface area contributed by atoms with E-state index < -0.39 is 28.0 Å². The number of esters is 1. The van der Waals surface area contributed by atoms with Crippen LogP contribution >= 0.6 is 11.6 Å². The first-order valence-corrected chi connectivity index (χ1v) is 9.81. The summed E-state index contributed by atoms with van der Waals surface area (Å²) >= 11 is 5.93. The fraction of sp³-hybridized carbons (Fsp3) is 0.176. The molecule has 11 heteroatoms. The lowest BCUT2D eigenvalue weighted by Gasteiger charge is -2.14. The fourth-order valence-corrected chi connectivity index (χ4v) is 3.07. The van der Waals surface area contributed by atoms with Crippen LogP contribution in [-0.4, -0.2) is 33.2 Å². The number of anilines is 1. The van der Waals surface area contributed by atoms with Gasteiger partial charge in [0.2, 0.25) is 16.8 Å². The van der Waals surface area contributed by atoms with Gasteiger partial charge < -0.3 is 19.5 Å². The van der Waals surface area contributed by atoms with E-state index in [9.17, 15) is 18.0 Å². The van der Waals surface area contributed by atoms with Gasteiger partial charge in [0.15, 0.2) is 17.6 Å². The minimum absolute atomic E-state index is 0.0409. The zero-order valence-corrected chi connectivity index (χ0v) is 16.0. The normalized spacial score (nSPS) is 13.7. The maximum Gasteiger partial charge on any atom is 0.340 e. The number of ether oxygens (including phenoxy) is 3. The van der Waals surface area contributed by atoms with Gasteiger partial charge >= 0.3 is 5.97 Å². The van der Waals surface area contributed by atoms with Gasteiger partial charge in [-0.15, -0.1) is 0 Å². The summed E-state index contributed by atoms with van der Waals surface area (Å²) in [4.78, 5) is 24.3. The topological polar surface area (TPSA) is 134 Å². The molecule has 0 saturated heterocycles. The maximum atomic E-state index is 12.3. The minimum atomic E-state index is -4.03. The average molecular weight is 427 g/mol. The zero-order valence-electron chi connectivity index (χ0n) is 14.5. The molecular weight excluding hydrogens is 412 g/mol. The van der Waals surface area contributed by atoms with Crippen LogP contribution < -0.4 is 19.9 Å². The molecule has 0 aliphatic carbocycles. The van der Waals surface area contributed by atoms with Crippen molar-refractivity contribution in [1.29, 1.82) is 0 Å². The van der Waals surface area contributed by atoms with Crippen molar-refractivity contribution in [3.05, 3.63) is 47.0 Å². The number of benzene rings is 2. The number of nitrogens with one attached hydrogen (secondary N) is 1. The third-order valence-electron chi connectivity index (χ3n) is 3.78. The van der Waals surface area contributed by atoms with E-state index in [4.69, 9.17) is 31.0 Å². The molecule has 1 amide bonds. The van der Waals surface area contributed by atoms with Crippen LogP contribution in [0.2, 0.25) is 5.02 Å². The van der Waals surface area contributed by atoms with Crippen LogP contribution in [0.25, 0.3) is 0 Å². The number of nitrogens with two attached hydrogens (primary N) is 1. The fourth-order valence-electron chi connectivity index (χ4n) is 2.33. The van der Waals surface area contributed by atoms with Crippen LogP contribution in [-0.2, 0) is 19.6 Å². The van der Waals surface area contributed by atoms with Crippen LogP contribution in [0.4, 0.5) is 5.69 Å². The number of hydrogen-bond acceptors (Lipinski definition) is 7. The Balaban J connectivity index is 1.69. The summed E-state index contributed by atoms with van der Waals surface area (Å²) in [6.45, 7) is 1.46. The Morgan fingerprint density at radius 2 is 1.89 bits per heavy atom. The largest absolute Gasteiger partial charge is 0.454 e. The van der Waals surface area contributed by atoms with Crippen LogP contribution in [0.1, 0.15) is 17.3 Å². The highest BCUT2D eigenvalue weighted by atomic mass is 35.5. The summed E-state index contributed by atoms with van der Waals surface area (Å²) in [7, 11) is -4.03. The molecule has 1 aliphatic heterocycles. The highest BCUT2D eigenvalue weighted by Crippen LogP contribution is 2.34. The van der Waals surface area contributed by atoms with Gasteiger partial charge in [-0.05, 0) is 37.3 Å². The van der Waals surface area contributed by atoms with E-state index in [0.29, 0.717) is 17.2 Å². The number of hydrogen-bond donors (Lipinski definition) is 2. The van der Waals surface area contributed by atoms with E-state index >= 15 is 0 Å². The third kappa shape index (κ3) is 4.35. The number of amides is 1. The lowest BCUT2D eigenvalue weighted by Crippen LogP contribution is -2.30. The highest BCUT2D eigenvalue weighted by molar-refractivity contribution is 7.89. The standard InChI is InChI=1S/C17H15ClN2O7S/c1-9(16(21)20-10-2-5-14-15(6-10)26-8-25-14)27-17(22)12-7-11(28(19,23)24)3-4-13(12)18/h2-7,9H,8H2,1H3,(H,20,21)(H2,19,23,24)/t9-/m1/s1. The van der Waals surface area contributed by atoms with Crippen LogP contribution in [0.3, 0.4) is 0 Å². The summed E-state index contributed by atoms with van der Waals surface area (Å²) in [5, 5.41) is 7.58. The Hall–Kier alpha value is -2.82. The van der Waals surface area contributed by atoms with Crippen molar-refractivity contribution in [3.63, 3.8) is 0 Å². The summed E-state index contributed by atoms with van der Waals surface area (Å²) < 4.78 is 38.4. The number of carbonyl (C=O) groups excluding carboxylic acids is 2. The van der Waals surface area contributed by atoms with Gasteiger partial charge in [0, 0.05) is 11.8 Å². The lowest BCUT2D eigenvalue weighted by molar-refractivity contribution is -0.123. The summed E-state index contributed by atoms with van der Waals surface area (Å²) in [5.41, 5.74) is 0.197. The van der Waals surface area contributed by atoms with Crippen molar-refractivity contribution in [1.82, 2.24) is 0 Å². The molecule has 9 nitrogen and oxygen atoms in total. The minimum Gasteiger partial charge on any atom is -0.454 e. The Morgan fingerprint density at radius 1 is 1.18 bits per heavy atom. The molecule has 1 atom stereocenters.